The molecule has 0 atom stereocenters. The summed E-state index contributed by atoms with van der Waals surface area (Å²) in [5, 5.41) is 19.8. The van der Waals surface area contributed by atoms with Crippen molar-refractivity contribution < 1.29 is 9.72 Å². The van der Waals surface area contributed by atoms with Crippen molar-refractivity contribution in [3.8, 4) is 0 Å². The quantitative estimate of drug-likeness (QED) is 0.655. The number of aromatic amines is 1. The van der Waals surface area contributed by atoms with E-state index in [0.717, 1.165) is 0 Å². The van der Waals surface area contributed by atoms with Crippen LogP contribution in [0.5, 0.6) is 0 Å². The van der Waals surface area contributed by atoms with E-state index in [4.69, 9.17) is 0 Å². The van der Waals surface area contributed by atoms with E-state index in [9.17, 15) is 14.9 Å². The van der Waals surface area contributed by atoms with Crippen LogP contribution in [0, 0.1) is 30.9 Å². The van der Waals surface area contributed by atoms with Crippen molar-refractivity contribution >= 4 is 17.3 Å². The summed E-state index contributed by atoms with van der Waals surface area (Å²) in [4.78, 5) is 26.2. The number of nitrogens with zero attached hydrogens (tertiary/aromatic N) is 3. The Hall–Kier alpha value is -2.77. The van der Waals surface area contributed by atoms with Crippen molar-refractivity contribution in [2.24, 2.45) is 0 Å². The normalized spacial score (nSPS) is 10.3. The van der Waals surface area contributed by atoms with Crippen LogP contribution in [0.1, 0.15) is 27.6 Å². The number of nitro groups is 1. The van der Waals surface area contributed by atoms with Crippen molar-refractivity contribution in [1.29, 1.82) is 0 Å². The summed E-state index contributed by atoms with van der Waals surface area (Å²) in [7, 11) is 0. The SMILES string of the molecule is Cc1nc(C(=O)Nc2cc(C)c([N+](=O)[O-])cc2C)n[nH]1. The summed E-state index contributed by atoms with van der Waals surface area (Å²) in [6.07, 6.45) is 0. The fourth-order valence-corrected chi connectivity index (χ4v) is 1.75. The van der Waals surface area contributed by atoms with Gasteiger partial charge in [0.15, 0.2) is 0 Å². The molecule has 0 saturated carbocycles. The number of H-pyrrole nitrogens is 1. The van der Waals surface area contributed by atoms with E-state index in [1.54, 1.807) is 26.8 Å². The van der Waals surface area contributed by atoms with Gasteiger partial charge in [0.25, 0.3) is 11.6 Å². The average molecular weight is 275 g/mol. The van der Waals surface area contributed by atoms with Gasteiger partial charge >= 0.3 is 0 Å². The highest BCUT2D eigenvalue weighted by molar-refractivity contribution is 6.02. The molecule has 0 aliphatic heterocycles. The van der Waals surface area contributed by atoms with Crippen LogP contribution in [0.2, 0.25) is 0 Å². The molecule has 20 heavy (non-hydrogen) atoms. The van der Waals surface area contributed by atoms with Crippen LogP contribution in [-0.4, -0.2) is 26.0 Å². The number of hydrogen-bond donors (Lipinski definition) is 2. The molecular formula is C12H13N5O3. The van der Waals surface area contributed by atoms with Crippen LogP contribution in [0.25, 0.3) is 0 Å². The van der Waals surface area contributed by atoms with Crippen molar-refractivity contribution in [2.45, 2.75) is 20.8 Å². The third-order valence-electron chi connectivity index (χ3n) is 2.79. The molecule has 1 aromatic heterocycles. The number of nitro benzene ring substituents is 1. The number of benzene rings is 1. The molecule has 2 rings (SSSR count). The van der Waals surface area contributed by atoms with Crippen LogP contribution in [0.15, 0.2) is 12.1 Å². The van der Waals surface area contributed by atoms with E-state index in [0.29, 0.717) is 22.6 Å². The molecule has 1 heterocycles. The minimum atomic E-state index is -0.467. The third-order valence-corrected chi connectivity index (χ3v) is 2.79. The second kappa shape index (κ2) is 5.08. The Morgan fingerprint density at radius 1 is 1.30 bits per heavy atom. The maximum Gasteiger partial charge on any atom is 0.295 e. The van der Waals surface area contributed by atoms with Gasteiger partial charge in [-0.1, -0.05) is 0 Å². The molecule has 0 spiro atoms. The summed E-state index contributed by atoms with van der Waals surface area (Å²) in [6.45, 7) is 4.99. The van der Waals surface area contributed by atoms with Gasteiger partial charge in [-0.25, -0.2) is 4.98 Å². The topological polar surface area (TPSA) is 114 Å². The molecule has 2 N–H and O–H groups in total. The molecule has 0 bridgehead atoms. The average Bonchev–Trinajstić information content (AvgIpc) is 2.79. The van der Waals surface area contributed by atoms with Gasteiger partial charge in [0.05, 0.1) is 4.92 Å². The minimum absolute atomic E-state index is 0.0224. The Balaban J connectivity index is 2.28. The monoisotopic (exact) mass is 275 g/mol. The Labute approximate surface area is 114 Å². The van der Waals surface area contributed by atoms with E-state index in [1.165, 1.54) is 6.07 Å². The molecule has 2 aromatic rings. The highest BCUT2D eigenvalue weighted by Crippen LogP contribution is 2.26. The molecule has 0 saturated heterocycles. The maximum absolute atomic E-state index is 11.9. The zero-order valence-corrected chi connectivity index (χ0v) is 11.2. The van der Waals surface area contributed by atoms with E-state index in [1.807, 2.05) is 0 Å². The number of aryl methyl sites for hydroxylation is 3. The standard InChI is InChI=1S/C12H13N5O3/c1-6-5-10(17(19)20)7(2)4-9(6)14-12(18)11-13-8(3)15-16-11/h4-5H,1-3H3,(H,14,18)(H,13,15,16). The number of anilines is 1. The lowest BCUT2D eigenvalue weighted by Crippen LogP contribution is -2.15. The van der Waals surface area contributed by atoms with Crippen molar-refractivity contribution in [3.63, 3.8) is 0 Å². The molecule has 1 aromatic carbocycles. The van der Waals surface area contributed by atoms with Gasteiger partial charge in [0.2, 0.25) is 5.82 Å². The Morgan fingerprint density at radius 3 is 2.55 bits per heavy atom. The first kappa shape index (κ1) is 13.7. The minimum Gasteiger partial charge on any atom is -0.319 e. The molecule has 0 radical (unpaired) electrons. The molecule has 8 heteroatoms. The van der Waals surface area contributed by atoms with Crippen molar-refractivity contribution in [3.05, 3.63) is 45.0 Å². The van der Waals surface area contributed by atoms with Gasteiger partial charge < -0.3 is 5.32 Å². The number of nitrogens with one attached hydrogen (secondary N) is 2. The first-order chi connectivity index (χ1) is 9.38. The van der Waals surface area contributed by atoms with E-state index < -0.39 is 10.8 Å². The Bertz CT molecular complexity index is 692. The molecule has 0 aliphatic rings. The zero-order valence-electron chi connectivity index (χ0n) is 11.2. The van der Waals surface area contributed by atoms with Gasteiger partial charge in [0, 0.05) is 17.3 Å². The summed E-state index contributed by atoms with van der Waals surface area (Å²) >= 11 is 0. The predicted octanol–water partition coefficient (Wildman–Crippen LogP) is 1.89. The fraction of sp³-hybridized carbons (Fsp3) is 0.250. The second-order valence-electron chi connectivity index (χ2n) is 4.41. The summed E-state index contributed by atoms with van der Waals surface area (Å²) in [5.74, 6) is 0.0929. The van der Waals surface area contributed by atoms with Gasteiger partial charge in [-0.05, 0) is 32.4 Å². The van der Waals surface area contributed by atoms with Crippen molar-refractivity contribution in [1.82, 2.24) is 15.2 Å². The fourth-order valence-electron chi connectivity index (χ4n) is 1.75. The van der Waals surface area contributed by atoms with E-state index >= 15 is 0 Å². The summed E-state index contributed by atoms with van der Waals surface area (Å²) in [6, 6.07) is 2.99. The van der Waals surface area contributed by atoms with Gasteiger partial charge in [-0.15, -0.1) is 5.10 Å². The van der Waals surface area contributed by atoms with Gasteiger partial charge in [-0.3, -0.25) is 20.0 Å². The van der Waals surface area contributed by atoms with Crippen LogP contribution >= 0.6 is 0 Å². The lowest BCUT2D eigenvalue weighted by atomic mass is 10.1. The molecule has 104 valence electrons. The second-order valence-corrected chi connectivity index (χ2v) is 4.41. The number of carbonyl (C=O) groups is 1. The van der Waals surface area contributed by atoms with Gasteiger partial charge in [-0.2, -0.15) is 0 Å². The zero-order chi connectivity index (χ0) is 14.9. The van der Waals surface area contributed by atoms with Crippen LogP contribution in [0.3, 0.4) is 0 Å². The predicted molar refractivity (Wildman–Crippen MR) is 71.6 cm³/mol. The molecule has 0 aliphatic carbocycles. The number of aromatic nitrogens is 3. The largest absolute Gasteiger partial charge is 0.319 e. The highest BCUT2D eigenvalue weighted by Gasteiger charge is 2.17. The van der Waals surface area contributed by atoms with Crippen LogP contribution in [-0.2, 0) is 0 Å². The van der Waals surface area contributed by atoms with Gasteiger partial charge in [0.1, 0.15) is 5.82 Å². The number of amides is 1. The lowest BCUT2D eigenvalue weighted by Gasteiger charge is -2.08. The third kappa shape index (κ3) is 2.63. The van der Waals surface area contributed by atoms with Crippen LogP contribution < -0.4 is 5.32 Å². The first-order valence-electron chi connectivity index (χ1n) is 5.84. The molecule has 0 fully saturated rings. The molecule has 1 amide bonds. The highest BCUT2D eigenvalue weighted by atomic mass is 16.6. The molecular weight excluding hydrogens is 262 g/mol. The summed E-state index contributed by atoms with van der Waals surface area (Å²) < 4.78 is 0. The Kier molecular flexibility index (Phi) is 3.47. The molecule has 0 unspecified atom stereocenters. The molecule has 8 nitrogen and oxygen atoms in total. The van der Waals surface area contributed by atoms with E-state index in [2.05, 4.69) is 20.5 Å². The number of hydrogen-bond acceptors (Lipinski definition) is 5. The number of rotatable bonds is 3. The lowest BCUT2D eigenvalue weighted by molar-refractivity contribution is -0.385. The number of carbonyl (C=O) groups excluding carboxylic acids is 1. The smallest absolute Gasteiger partial charge is 0.295 e. The van der Waals surface area contributed by atoms with Crippen molar-refractivity contribution in [2.75, 3.05) is 5.32 Å². The van der Waals surface area contributed by atoms with Crippen LogP contribution in [0.4, 0.5) is 11.4 Å². The van der Waals surface area contributed by atoms with E-state index in [-0.39, 0.29) is 11.5 Å². The first-order valence-corrected chi connectivity index (χ1v) is 5.84. The summed E-state index contributed by atoms with van der Waals surface area (Å²) in [5.41, 5.74) is 1.60. The Morgan fingerprint density at radius 2 is 2.00 bits per heavy atom. The maximum atomic E-state index is 11.9.